The second-order valence-electron chi connectivity index (χ2n) is 9.06. The molecule has 2 saturated carbocycles. The molecule has 0 heterocycles. The summed E-state index contributed by atoms with van der Waals surface area (Å²) >= 11 is 0. The molecule has 0 amide bonds. The maximum absolute atomic E-state index is 10.4. The number of aliphatic hydroxyl groups excluding tert-OH is 2. The average molecular weight is 398 g/mol. The molecule has 0 unspecified atom stereocenters. The van der Waals surface area contributed by atoms with Crippen LogP contribution in [-0.4, -0.2) is 49.7 Å². The van der Waals surface area contributed by atoms with Gasteiger partial charge in [0.2, 0.25) is 0 Å². The van der Waals surface area contributed by atoms with Crippen LogP contribution in [0, 0.1) is 29.6 Å². The van der Waals surface area contributed by atoms with E-state index in [0.29, 0.717) is 17.8 Å². The number of hydrogen-bond donors (Lipinski definition) is 3. The lowest BCUT2D eigenvalue weighted by Crippen LogP contribution is -2.19. The first-order valence-electron chi connectivity index (χ1n) is 11.7. The molecule has 0 radical (unpaired) electrons. The Hall–Kier alpha value is -0.420. The Balaban J connectivity index is 0.00000122. The highest BCUT2D eigenvalue weighted by molar-refractivity contribution is 5.06. The number of ether oxygens (including phenoxy) is 1. The minimum Gasteiger partial charge on any atom is -0.392 e. The molecule has 0 aromatic heterocycles. The van der Waals surface area contributed by atoms with Gasteiger partial charge in [0.15, 0.2) is 0 Å². The summed E-state index contributed by atoms with van der Waals surface area (Å²) in [6, 6.07) is 0. The topological polar surface area (TPSA) is 61.7 Å². The van der Waals surface area contributed by atoms with Crippen LogP contribution in [0.1, 0.15) is 72.1 Å². The monoisotopic (exact) mass is 397 g/mol. The molecule has 0 bridgehead atoms. The lowest BCUT2D eigenvalue weighted by Gasteiger charge is -2.20. The maximum atomic E-state index is 10.4. The SMILES string of the molecule is CCCC[C@H](C)C[C@@H](O)C=C[C@@H]1[C@H]2C[C@H](CCOCC)C[C@H]2C[C@H]1O.CNC. The van der Waals surface area contributed by atoms with Gasteiger partial charge in [0.25, 0.3) is 0 Å². The van der Waals surface area contributed by atoms with E-state index >= 15 is 0 Å². The van der Waals surface area contributed by atoms with Crippen LogP contribution in [0.5, 0.6) is 0 Å². The molecular formula is C24H47NO3. The fraction of sp³-hybridized carbons (Fsp3) is 0.917. The Kier molecular flexibility index (Phi) is 13.3. The zero-order chi connectivity index (χ0) is 20.9. The first-order valence-corrected chi connectivity index (χ1v) is 11.7. The summed E-state index contributed by atoms with van der Waals surface area (Å²) in [4.78, 5) is 0. The molecule has 4 nitrogen and oxygen atoms in total. The summed E-state index contributed by atoms with van der Waals surface area (Å²) < 4.78 is 5.51. The van der Waals surface area contributed by atoms with E-state index in [1.54, 1.807) is 0 Å². The van der Waals surface area contributed by atoms with Crippen LogP contribution in [0.2, 0.25) is 0 Å². The van der Waals surface area contributed by atoms with E-state index in [9.17, 15) is 10.2 Å². The van der Waals surface area contributed by atoms with Crippen molar-refractivity contribution in [3.05, 3.63) is 12.2 Å². The van der Waals surface area contributed by atoms with Crippen molar-refractivity contribution in [2.45, 2.75) is 84.3 Å². The van der Waals surface area contributed by atoms with Gasteiger partial charge in [0.05, 0.1) is 12.2 Å². The van der Waals surface area contributed by atoms with Crippen molar-refractivity contribution in [3.63, 3.8) is 0 Å². The molecule has 3 N–H and O–H groups in total. The molecule has 4 heteroatoms. The maximum Gasteiger partial charge on any atom is 0.0723 e. The summed E-state index contributed by atoms with van der Waals surface area (Å²) in [5.41, 5.74) is 0. The molecule has 2 rings (SSSR count). The molecule has 0 saturated heterocycles. The van der Waals surface area contributed by atoms with E-state index < -0.39 is 0 Å². The number of aliphatic hydroxyl groups is 2. The predicted molar refractivity (Wildman–Crippen MR) is 118 cm³/mol. The van der Waals surface area contributed by atoms with Crippen LogP contribution in [0.4, 0.5) is 0 Å². The van der Waals surface area contributed by atoms with Crippen LogP contribution in [0.15, 0.2) is 12.2 Å². The molecule has 2 aliphatic carbocycles. The fourth-order valence-corrected chi connectivity index (χ4v) is 5.09. The minimum atomic E-state index is -0.367. The highest BCUT2D eigenvalue weighted by Gasteiger charge is 2.46. The lowest BCUT2D eigenvalue weighted by molar-refractivity contribution is 0.119. The second-order valence-corrected chi connectivity index (χ2v) is 9.06. The molecule has 2 fully saturated rings. The van der Waals surface area contributed by atoms with Crippen LogP contribution in [0.3, 0.4) is 0 Å². The van der Waals surface area contributed by atoms with Crippen molar-refractivity contribution < 1.29 is 14.9 Å². The third-order valence-electron chi connectivity index (χ3n) is 6.45. The predicted octanol–water partition coefficient (Wildman–Crippen LogP) is 4.41. The van der Waals surface area contributed by atoms with E-state index in [-0.39, 0.29) is 18.1 Å². The minimum absolute atomic E-state index is 0.219. The number of fused-ring (bicyclic) bond motifs is 1. The van der Waals surface area contributed by atoms with Crippen LogP contribution < -0.4 is 5.32 Å². The van der Waals surface area contributed by atoms with Gasteiger partial charge < -0.3 is 20.3 Å². The molecule has 7 atom stereocenters. The molecule has 0 aromatic carbocycles. The smallest absolute Gasteiger partial charge is 0.0723 e. The zero-order valence-electron chi connectivity index (χ0n) is 19.1. The van der Waals surface area contributed by atoms with Crippen molar-refractivity contribution >= 4 is 0 Å². The van der Waals surface area contributed by atoms with Gasteiger partial charge in [-0.3, -0.25) is 0 Å². The van der Waals surface area contributed by atoms with Crippen molar-refractivity contribution in [3.8, 4) is 0 Å². The highest BCUT2D eigenvalue weighted by atomic mass is 16.5. The van der Waals surface area contributed by atoms with E-state index in [1.807, 2.05) is 20.2 Å². The molecular weight excluding hydrogens is 350 g/mol. The van der Waals surface area contributed by atoms with Gasteiger partial charge in [-0.05, 0) is 76.8 Å². The molecule has 2 aliphatic rings. The Bertz CT molecular complexity index is 415. The molecule has 0 spiro atoms. The van der Waals surface area contributed by atoms with E-state index in [1.165, 1.54) is 32.1 Å². The lowest BCUT2D eigenvalue weighted by atomic mass is 9.89. The Morgan fingerprint density at radius 2 is 1.89 bits per heavy atom. The number of rotatable bonds is 11. The summed E-state index contributed by atoms with van der Waals surface area (Å²) in [6.07, 6.45) is 12.6. The molecule has 28 heavy (non-hydrogen) atoms. The summed E-state index contributed by atoms with van der Waals surface area (Å²) in [7, 11) is 3.75. The van der Waals surface area contributed by atoms with Crippen molar-refractivity contribution in [1.82, 2.24) is 5.32 Å². The quantitative estimate of drug-likeness (QED) is 0.357. The Morgan fingerprint density at radius 3 is 2.54 bits per heavy atom. The second kappa shape index (κ2) is 14.5. The summed E-state index contributed by atoms with van der Waals surface area (Å²) in [5.74, 6) is 2.82. The largest absolute Gasteiger partial charge is 0.392 e. The molecule has 0 aromatic rings. The third-order valence-corrected chi connectivity index (χ3v) is 6.45. The average Bonchev–Trinajstić information content (AvgIpc) is 3.15. The first kappa shape index (κ1) is 25.6. The summed E-state index contributed by atoms with van der Waals surface area (Å²) in [6.45, 7) is 8.17. The van der Waals surface area contributed by atoms with E-state index in [2.05, 4.69) is 32.2 Å². The van der Waals surface area contributed by atoms with Crippen LogP contribution >= 0.6 is 0 Å². The van der Waals surface area contributed by atoms with Gasteiger partial charge >= 0.3 is 0 Å². The van der Waals surface area contributed by atoms with Gasteiger partial charge in [-0.15, -0.1) is 0 Å². The number of nitrogens with one attached hydrogen (secondary N) is 1. The molecule has 0 aliphatic heterocycles. The Labute approximate surface area is 174 Å². The van der Waals surface area contributed by atoms with Crippen LogP contribution in [0.25, 0.3) is 0 Å². The fourth-order valence-electron chi connectivity index (χ4n) is 5.09. The van der Waals surface area contributed by atoms with Gasteiger partial charge in [0.1, 0.15) is 0 Å². The third kappa shape index (κ3) is 8.94. The standard InChI is InChI=1S/C22H40O3.C2H7N/c1-4-6-7-16(3)12-19(23)8-9-20-21-14-17(10-11-25-5-2)13-18(21)15-22(20)24;1-3-2/h8-9,16-24H,4-7,10-15H2,1-3H3;3H,1-2H3/t16-,17+,18-,19-,20+,21-,22+;/m0./s1. The number of hydrogen-bond acceptors (Lipinski definition) is 4. The van der Waals surface area contributed by atoms with Gasteiger partial charge in [-0.1, -0.05) is 45.3 Å². The first-order chi connectivity index (χ1) is 13.5. The number of unbranched alkanes of at least 4 members (excludes halogenated alkanes) is 1. The normalized spacial score (nSPS) is 31.5. The van der Waals surface area contributed by atoms with Gasteiger partial charge in [-0.25, -0.2) is 0 Å². The zero-order valence-corrected chi connectivity index (χ0v) is 19.1. The van der Waals surface area contributed by atoms with Gasteiger partial charge in [-0.2, -0.15) is 0 Å². The van der Waals surface area contributed by atoms with Crippen LogP contribution in [-0.2, 0) is 4.74 Å². The van der Waals surface area contributed by atoms with Crippen molar-refractivity contribution in [2.75, 3.05) is 27.3 Å². The summed E-state index contributed by atoms with van der Waals surface area (Å²) in [5, 5.41) is 23.5. The van der Waals surface area contributed by atoms with Crippen molar-refractivity contribution in [2.24, 2.45) is 29.6 Å². The molecule has 166 valence electrons. The van der Waals surface area contributed by atoms with Crippen molar-refractivity contribution in [1.29, 1.82) is 0 Å². The Morgan fingerprint density at radius 1 is 1.18 bits per heavy atom. The van der Waals surface area contributed by atoms with Gasteiger partial charge in [0, 0.05) is 19.1 Å². The highest BCUT2D eigenvalue weighted by Crippen LogP contribution is 2.51. The van der Waals surface area contributed by atoms with E-state index in [4.69, 9.17) is 4.74 Å². The van der Waals surface area contributed by atoms with E-state index in [0.717, 1.165) is 38.4 Å².